The van der Waals surface area contributed by atoms with E-state index in [9.17, 15) is 0 Å². The van der Waals surface area contributed by atoms with Crippen molar-refractivity contribution in [3.05, 3.63) is 74.4 Å². The molecule has 0 atom stereocenters. The lowest BCUT2D eigenvalue weighted by Crippen LogP contribution is -2.07. The summed E-state index contributed by atoms with van der Waals surface area (Å²) < 4.78 is 1.91. The summed E-state index contributed by atoms with van der Waals surface area (Å²) in [4.78, 5) is 0. The van der Waals surface area contributed by atoms with Gasteiger partial charge < -0.3 is 5.32 Å². The molecule has 26 heavy (non-hydrogen) atoms. The van der Waals surface area contributed by atoms with Gasteiger partial charge in [-0.25, -0.2) is 4.68 Å². The Bertz CT molecular complexity index is 949. The molecular weight excluding hydrogens is 389 g/mol. The Kier molecular flexibility index (Phi) is 5.12. The largest absolute Gasteiger partial charge is 0.370 e. The van der Waals surface area contributed by atoms with E-state index >= 15 is 0 Å². The molecule has 3 nitrogen and oxygen atoms in total. The number of halogens is 3. The second kappa shape index (κ2) is 7.51. The van der Waals surface area contributed by atoms with E-state index in [0.29, 0.717) is 16.5 Å². The van der Waals surface area contributed by atoms with Crippen LogP contribution in [0.5, 0.6) is 0 Å². The van der Waals surface area contributed by atoms with Crippen molar-refractivity contribution in [2.24, 2.45) is 0 Å². The molecule has 3 aromatic rings. The monoisotopic (exact) mass is 405 g/mol. The van der Waals surface area contributed by atoms with Gasteiger partial charge in [-0.05, 0) is 49.1 Å². The first-order valence-electron chi connectivity index (χ1n) is 8.67. The maximum absolute atomic E-state index is 6.45. The lowest BCUT2D eigenvalue weighted by molar-refractivity contribution is 0.767. The topological polar surface area (TPSA) is 29.9 Å². The summed E-state index contributed by atoms with van der Waals surface area (Å²) >= 11 is 18.9. The van der Waals surface area contributed by atoms with Gasteiger partial charge >= 0.3 is 0 Å². The van der Waals surface area contributed by atoms with Crippen LogP contribution in [0.2, 0.25) is 15.1 Å². The highest BCUT2D eigenvalue weighted by Crippen LogP contribution is 2.33. The van der Waals surface area contributed by atoms with E-state index in [4.69, 9.17) is 39.9 Å². The van der Waals surface area contributed by atoms with E-state index in [1.54, 1.807) is 6.07 Å². The van der Waals surface area contributed by atoms with Crippen LogP contribution in [0.3, 0.4) is 0 Å². The minimum Gasteiger partial charge on any atom is -0.370 e. The molecule has 6 heteroatoms. The number of anilines is 1. The maximum Gasteiger partial charge on any atom is 0.133 e. The Morgan fingerprint density at radius 2 is 1.85 bits per heavy atom. The number of fused-ring (bicyclic) bond motifs is 1. The van der Waals surface area contributed by atoms with Gasteiger partial charge in [0, 0.05) is 28.6 Å². The van der Waals surface area contributed by atoms with E-state index in [1.807, 2.05) is 41.1 Å². The van der Waals surface area contributed by atoms with Crippen LogP contribution < -0.4 is 5.32 Å². The number of hydrogen-bond donors (Lipinski definition) is 1. The number of hydrogen-bond acceptors (Lipinski definition) is 2. The molecule has 1 aliphatic rings. The van der Waals surface area contributed by atoms with Gasteiger partial charge in [-0.1, -0.05) is 53.0 Å². The van der Waals surface area contributed by atoms with Gasteiger partial charge in [0.2, 0.25) is 0 Å². The fourth-order valence-electron chi connectivity index (χ4n) is 3.36. The van der Waals surface area contributed by atoms with Gasteiger partial charge in [-0.15, -0.1) is 0 Å². The fourth-order valence-corrected chi connectivity index (χ4v) is 4.06. The maximum atomic E-state index is 6.45. The highest BCUT2D eigenvalue weighted by Gasteiger charge is 2.22. The summed E-state index contributed by atoms with van der Waals surface area (Å²) in [5.74, 6) is 1.02. The molecule has 0 spiro atoms. The van der Waals surface area contributed by atoms with Gasteiger partial charge in [-0.3, -0.25) is 0 Å². The number of rotatable bonds is 3. The Morgan fingerprint density at radius 3 is 2.65 bits per heavy atom. The molecule has 2 aromatic carbocycles. The Morgan fingerprint density at radius 1 is 1.00 bits per heavy atom. The summed E-state index contributed by atoms with van der Waals surface area (Å²) in [5, 5.41) is 10.4. The van der Waals surface area contributed by atoms with Gasteiger partial charge in [0.25, 0.3) is 0 Å². The van der Waals surface area contributed by atoms with Crippen molar-refractivity contribution < 1.29 is 0 Å². The number of nitrogens with zero attached hydrogens (tertiary/aromatic N) is 2. The fraction of sp³-hybridized carbons (Fsp3) is 0.250. The van der Waals surface area contributed by atoms with E-state index in [0.717, 1.165) is 53.6 Å². The van der Waals surface area contributed by atoms with E-state index in [-0.39, 0.29) is 0 Å². The molecule has 1 N–H and O–H groups in total. The molecule has 2 heterocycles. The van der Waals surface area contributed by atoms with Crippen molar-refractivity contribution in [2.45, 2.75) is 25.7 Å². The van der Waals surface area contributed by atoms with Crippen molar-refractivity contribution >= 4 is 40.6 Å². The average molecular weight is 407 g/mol. The number of nitrogens with one attached hydrogen (secondary N) is 1. The first kappa shape index (κ1) is 17.7. The van der Waals surface area contributed by atoms with Crippen LogP contribution in [0, 0.1) is 0 Å². The van der Waals surface area contributed by atoms with Gasteiger partial charge in [0.1, 0.15) is 5.82 Å². The summed E-state index contributed by atoms with van der Waals surface area (Å²) in [7, 11) is 0. The minimum absolute atomic E-state index is 0.582. The van der Waals surface area contributed by atoms with Crippen LogP contribution in [0.15, 0.2) is 42.5 Å². The molecule has 0 saturated carbocycles. The van der Waals surface area contributed by atoms with E-state index < -0.39 is 0 Å². The molecule has 1 aromatic heterocycles. The predicted octanol–water partition coefficient (Wildman–Crippen LogP) is 6.17. The molecule has 0 fully saturated rings. The van der Waals surface area contributed by atoms with E-state index in [1.165, 1.54) is 5.56 Å². The third kappa shape index (κ3) is 3.44. The van der Waals surface area contributed by atoms with Crippen LogP contribution >= 0.6 is 34.8 Å². The molecular formula is C20H18Cl3N3. The quantitative estimate of drug-likeness (QED) is 0.563. The summed E-state index contributed by atoms with van der Waals surface area (Å²) in [6.45, 7) is 0.926. The van der Waals surface area contributed by atoms with Gasteiger partial charge in [0.05, 0.1) is 16.4 Å². The van der Waals surface area contributed by atoms with Crippen molar-refractivity contribution in [1.29, 1.82) is 0 Å². The number of benzene rings is 2. The van der Waals surface area contributed by atoms with Crippen molar-refractivity contribution in [2.75, 3.05) is 11.9 Å². The highest BCUT2D eigenvalue weighted by molar-refractivity contribution is 6.35. The molecule has 0 saturated heterocycles. The third-order valence-corrected chi connectivity index (χ3v) is 5.57. The SMILES string of the molecule is Clc1ccc(-n2nc(Cc3ccccc3Cl)c3c2NCCCC3)c(Cl)c1. The standard InChI is InChI=1S/C20H18Cl3N3/c21-14-8-9-19(17(23)12-14)26-20-15(6-3-4-10-24-20)18(25-26)11-13-5-1-2-7-16(13)22/h1-2,5,7-9,12,24H,3-4,6,10-11H2. The Labute approximate surface area is 167 Å². The zero-order valence-electron chi connectivity index (χ0n) is 14.1. The van der Waals surface area contributed by atoms with Crippen molar-refractivity contribution in [3.63, 3.8) is 0 Å². The van der Waals surface area contributed by atoms with Crippen LogP contribution in [0.4, 0.5) is 5.82 Å². The van der Waals surface area contributed by atoms with Gasteiger partial charge in [-0.2, -0.15) is 5.10 Å². The van der Waals surface area contributed by atoms with Crippen LogP contribution in [0.25, 0.3) is 5.69 Å². The second-order valence-corrected chi connectivity index (χ2v) is 7.68. The second-order valence-electron chi connectivity index (χ2n) is 6.43. The number of aromatic nitrogens is 2. The lowest BCUT2D eigenvalue weighted by atomic mass is 10.0. The smallest absolute Gasteiger partial charge is 0.133 e. The summed E-state index contributed by atoms with van der Waals surface area (Å²) in [5.41, 5.74) is 4.18. The van der Waals surface area contributed by atoms with Gasteiger partial charge in [0.15, 0.2) is 0 Å². The minimum atomic E-state index is 0.582. The summed E-state index contributed by atoms with van der Waals surface area (Å²) in [6.07, 6.45) is 3.96. The van der Waals surface area contributed by atoms with Crippen LogP contribution in [-0.2, 0) is 12.8 Å². The first-order valence-corrected chi connectivity index (χ1v) is 9.80. The molecule has 0 unspecified atom stereocenters. The summed E-state index contributed by atoms with van der Waals surface area (Å²) in [6, 6.07) is 13.4. The van der Waals surface area contributed by atoms with Crippen molar-refractivity contribution in [1.82, 2.24) is 9.78 Å². The molecule has 0 bridgehead atoms. The predicted molar refractivity (Wildman–Crippen MR) is 109 cm³/mol. The molecule has 0 radical (unpaired) electrons. The molecule has 4 rings (SSSR count). The lowest BCUT2D eigenvalue weighted by Gasteiger charge is -2.11. The first-order chi connectivity index (χ1) is 12.6. The normalized spacial score (nSPS) is 13.8. The average Bonchev–Trinajstić information content (AvgIpc) is 2.80. The zero-order chi connectivity index (χ0) is 18.1. The zero-order valence-corrected chi connectivity index (χ0v) is 16.4. The molecule has 0 aliphatic carbocycles. The molecule has 1 aliphatic heterocycles. The Hall–Kier alpha value is -1.68. The molecule has 0 amide bonds. The molecule has 134 valence electrons. The van der Waals surface area contributed by atoms with E-state index in [2.05, 4.69) is 5.32 Å². The van der Waals surface area contributed by atoms with Crippen LogP contribution in [-0.4, -0.2) is 16.3 Å². The highest BCUT2D eigenvalue weighted by atomic mass is 35.5. The third-order valence-electron chi connectivity index (χ3n) is 4.67. The van der Waals surface area contributed by atoms with Crippen molar-refractivity contribution in [3.8, 4) is 5.69 Å². The van der Waals surface area contributed by atoms with Crippen LogP contribution in [0.1, 0.15) is 29.7 Å². The Balaban J connectivity index is 1.83.